The van der Waals surface area contributed by atoms with Gasteiger partial charge in [-0.25, -0.2) is 4.39 Å². The lowest BCUT2D eigenvalue weighted by Gasteiger charge is -2.31. The molecule has 150 valence electrons. The summed E-state index contributed by atoms with van der Waals surface area (Å²) in [5.41, 5.74) is 0.370. The maximum atomic E-state index is 13.3. The summed E-state index contributed by atoms with van der Waals surface area (Å²) in [6.45, 7) is 1.33. The highest BCUT2D eigenvalue weighted by molar-refractivity contribution is 7.13. The van der Waals surface area contributed by atoms with Gasteiger partial charge in [0.15, 0.2) is 0 Å². The smallest absolute Gasteiger partial charge is 0.286 e. The number of likely N-dealkylation sites (tertiary alicyclic amines) is 1. The summed E-state index contributed by atoms with van der Waals surface area (Å²) in [6.07, 6.45) is 2.22. The molecule has 1 aliphatic rings. The number of halogens is 1. The van der Waals surface area contributed by atoms with E-state index in [4.69, 9.17) is 0 Å². The number of thiophene rings is 1. The van der Waals surface area contributed by atoms with Crippen LogP contribution in [0.15, 0.2) is 41.8 Å². The average molecular weight is 431 g/mol. The molecule has 0 spiro atoms. The number of hydrogen-bond donors (Lipinski definition) is 1. The van der Waals surface area contributed by atoms with Gasteiger partial charge in [0.05, 0.1) is 6.42 Å². The number of carbonyl (C=O) groups excluding carboxylic acids is 2. The van der Waals surface area contributed by atoms with Crippen molar-refractivity contribution in [3.8, 4) is 0 Å². The lowest BCUT2D eigenvalue weighted by atomic mass is 9.98. The third kappa shape index (κ3) is 4.86. The van der Waals surface area contributed by atoms with Gasteiger partial charge < -0.3 is 10.2 Å². The number of piperidine rings is 1. The molecule has 0 aliphatic carbocycles. The van der Waals surface area contributed by atoms with Crippen LogP contribution in [0.25, 0.3) is 0 Å². The Labute approximate surface area is 175 Å². The van der Waals surface area contributed by atoms with Gasteiger partial charge in [-0.3, -0.25) is 9.59 Å². The van der Waals surface area contributed by atoms with Crippen molar-refractivity contribution in [2.75, 3.05) is 18.4 Å². The topological polar surface area (TPSA) is 75.2 Å². The summed E-state index contributed by atoms with van der Waals surface area (Å²) in [4.78, 5) is 27.9. The summed E-state index contributed by atoms with van der Waals surface area (Å²) in [5, 5.41) is 13.8. The van der Waals surface area contributed by atoms with Gasteiger partial charge >= 0.3 is 0 Å². The molecule has 1 aliphatic heterocycles. The molecule has 3 aromatic rings. The van der Waals surface area contributed by atoms with E-state index in [-0.39, 0.29) is 16.8 Å². The molecule has 1 atom stereocenters. The number of anilines is 1. The molecule has 9 heteroatoms. The highest BCUT2D eigenvalue weighted by Crippen LogP contribution is 2.30. The third-order valence-electron chi connectivity index (χ3n) is 4.75. The van der Waals surface area contributed by atoms with Crippen LogP contribution in [0.5, 0.6) is 0 Å². The average Bonchev–Trinajstić information content (AvgIpc) is 3.40. The number of carbonyl (C=O) groups is 2. The number of amides is 2. The van der Waals surface area contributed by atoms with Crippen molar-refractivity contribution in [3.05, 3.63) is 62.5 Å². The van der Waals surface area contributed by atoms with Crippen molar-refractivity contribution >= 4 is 40.2 Å². The SMILES string of the molecule is O=C(Nc1cccc(F)c1)c1nnc(C2CCCN(C(=O)Cc3cccs3)C2)s1. The molecule has 1 unspecified atom stereocenters. The molecule has 2 aromatic heterocycles. The number of nitrogens with one attached hydrogen (secondary N) is 1. The van der Waals surface area contributed by atoms with Crippen molar-refractivity contribution in [2.24, 2.45) is 0 Å². The lowest BCUT2D eigenvalue weighted by Crippen LogP contribution is -2.39. The van der Waals surface area contributed by atoms with Crippen LogP contribution in [0.2, 0.25) is 0 Å². The zero-order valence-corrected chi connectivity index (χ0v) is 17.1. The third-order valence-corrected chi connectivity index (χ3v) is 6.71. The Balaban J connectivity index is 1.39. The van der Waals surface area contributed by atoms with Gasteiger partial charge in [0, 0.05) is 29.6 Å². The van der Waals surface area contributed by atoms with Crippen LogP contribution in [-0.2, 0) is 11.2 Å². The van der Waals surface area contributed by atoms with Crippen LogP contribution in [0, 0.1) is 5.82 Å². The molecule has 29 heavy (non-hydrogen) atoms. The Hall–Kier alpha value is -2.65. The predicted molar refractivity (Wildman–Crippen MR) is 111 cm³/mol. The normalized spacial score (nSPS) is 16.6. The molecule has 0 bridgehead atoms. The lowest BCUT2D eigenvalue weighted by molar-refractivity contribution is -0.131. The van der Waals surface area contributed by atoms with Gasteiger partial charge in [-0.15, -0.1) is 21.5 Å². The van der Waals surface area contributed by atoms with Crippen molar-refractivity contribution in [2.45, 2.75) is 25.2 Å². The van der Waals surface area contributed by atoms with E-state index >= 15 is 0 Å². The minimum atomic E-state index is -0.421. The van der Waals surface area contributed by atoms with Crippen LogP contribution >= 0.6 is 22.7 Å². The molecule has 4 rings (SSSR count). The molecule has 1 N–H and O–H groups in total. The summed E-state index contributed by atoms with van der Waals surface area (Å²) in [7, 11) is 0. The number of nitrogens with zero attached hydrogens (tertiary/aromatic N) is 3. The van der Waals surface area contributed by atoms with E-state index < -0.39 is 11.7 Å². The van der Waals surface area contributed by atoms with E-state index in [9.17, 15) is 14.0 Å². The Morgan fingerprint density at radius 2 is 2.14 bits per heavy atom. The first-order valence-corrected chi connectivity index (χ1v) is 11.0. The first-order chi connectivity index (χ1) is 14.1. The Morgan fingerprint density at radius 3 is 2.93 bits per heavy atom. The molecule has 6 nitrogen and oxygen atoms in total. The van der Waals surface area contributed by atoms with Crippen molar-refractivity contribution in [3.63, 3.8) is 0 Å². The second-order valence-electron chi connectivity index (χ2n) is 6.84. The summed E-state index contributed by atoms with van der Waals surface area (Å²) in [5.74, 6) is -0.647. The fourth-order valence-corrected chi connectivity index (χ4v) is 4.88. The van der Waals surface area contributed by atoms with Crippen LogP contribution in [-0.4, -0.2) is 40.0 Å². The van der Waals surface area contributed by atoms with E-state index in [1.54, 1.807) is 17.4 Å². The van der Waals surface area contributed by atoms with Crippen molar-refractivity contribution in [1.29, 1.82) is 0 Å². The second kappa shape index (κ2) is 8.79. The minimum Gasteiger partial charge on any atom is -0.342 e. The van der Waals surface area contributed by atoms with Gasteiger partial charge in [0.25, 0.3) is 5.91 Å². The zero-order valence-electron chi connectivity index (χ0n) is 15.5. The standard InChI is InChI=1S/C20H19FN4O2S2/c21-14-5-1-6-15(10-14)22-18(27)20-24-23-19(29-20)13-4-2-8-25(12-13)17(26)11-16-7-3-9-28-16/h1,3,5-7,9-10,13H,2,4,8,11-12H2,(H,22,27). The first kappa shape index (κ1) is 19.7. The fraction of sp³-hybridized carbons (Fsp3) is 0.300. The fourth-order valence-electron chi connectivity index (χ4n) is 3.32. The Kier molecular flexibility index (Phi) is 5.96. The highest BCUT2D eigenvalue weighted by atomic mass is 32.1. The van der Waals surface area contributed by atoms with Crippen LogP contribution in [0.1, 0.15) is 38.4 Å². The van der Waals surface area contributed by atoms with Crippen molar-refractivity contribution < 1.29 is 14.0 Å². The predicted octanol–water partition coefficient (Wildman–Crippen LogP) is 3.94. The highest BCUT2D eigenvalue weighted by Gasteiger charge is 2.28. The molecule has 1 aromatic carbocycles. The van der Waals surface area contributed by atoms with Crippen LogP contribution < -0.4 is 5.32 Å². The Bertz CT molecular complexity index is 1010. The van der Waals surface area contributed by atoms with E-state index in [0.717, 1.165) is 29.3 Å². The van der Waals surface area contributed by atoms with Crippen LogP contribution in [0.4, 0.5) is 10.1 Å². The van der Waals surface area contributed by atoms with E-state index in [2.05, 4.69) is 15.5 Å². The number of rotatable bonds is 5. The van der Waals surface area contributed by atoms with E-state index in [1.807, 2.05) is 22.4 Å². The first-order valence-electron chi connectivity index (χ1n) is 9.29. The van der Waals surface area contributed by atoms with Gasteiger partial charge in [-0.1, -0.05) is 23.5 Å². The monoisotopic (exact) mass is 430 g/mol. The van der Waals surface area contributed by atoms with Crippen LogP contribution in [0.3, 0.4) is 0 Å². The molecule has 0 saturated carbocycles. The van der Waals surface area contributed by atoms with Gasteiger partial charge in [-0.05, 0) is 42.5 Å². The minimum absolute atomic E-state index is 0.0734. The summed E-state index contributed by atoms with van der Waals surface area (Å²) < 4.78 is 13.3. The molecule has 3 heterocycles. The molecule has 1 saturated heterocycles. The zero-order chi connectivity index (χ0) is 20.2. The van der Waals surface area contributed by atoms with Crippen molar-refractivity contribution in [1.82, 2.24) is 15.1 Å². The van der Waals surface area contributed by atoms with Gasteiger partial charge in [0.2, 0.25) is 10.9 Å². The quantitative estimate of drug-likeness (QED) is 0.665. The number of aromatic nitrogens is 2. The summed E-state index contributed by atoms with van der Waals surface area (Å²) in [6, 6.07) is 9.62. The molecule has 2 amide bonds. The van der Waals surface area contributed by atoms with Gasteiger partial charge in [-0.2, -0.15) is 0 Å². The number of hydrogen-bond acceptors (Lipinski definition) is 6. The largest absolute Gasteiger partial charge is 0.342 e. The van der Waals surface area contributed by atoms with E-state index in [1.165, 1.54) is 29.5 Å². The molecule has 1 fully saturated rings. The maximum Gasteiger partial charge on any atom is 0.286 e. The molecular formula is C20H19FN4O2S2. The summed E-state index contributed by atoms with van der Waals surface area (Å²) >= 11 is 2.81. The number of benzene rings is 1. The molecule has 0 radical (unpaired) electrons. The Morgan fingerprint density at radius 1 is 1.24 bits per heavy atom. The maximum absolute atomic E-state index is 13.3. The van der Waals surface area contributed by atoms with E-state index in [0.29, 0.717) is 18.7 Å². The second-order valence-corrected chi connectivity index (χ2v) is 8.89. The van der Waals surface area contributed by atoms with Gasteiger partial charge in [0.1, 0.15) is 10.8 Å². The molecular weight excluding hydrogens is 411 g/mol.